The van der Waals surface area contributed by atoms with Crippen LogP contribution in [-0.4, -0.2) is 22.4 Å². The zero-order valence-electron chi connectivity index (χ0n) is 18.5. The number of hydrogen-bond donors (Lipinski definition) is 2. The van der Waals surface area contributed by atoms with E-state index in [-0.39, 0.29) is 5.71 Å². The normalized spacial score (nSPS) is 11.5. The lowest BCUT2D eigenvalue weighted by Crippen LogP contribution is -2.30. The monoisotopic (exact) mass is 429 g/mol. The maximum Gasteiger partial charge on any atom is 0.411 e. The van der Waals surface area contributed by atoms with E-state index in [0.717, 1.165) is 11.1 Å². The van der Waals surface area contributed by atoms with Crippen molar-refractivity contribution in [1.82, 2.24) is 10.3 Å². The van der Waals surface area contributed by atoms with Crippen LogP contribution in [0.4, 0.5) is 4.79 Å². The third kappa shape index (κ3) is 6.80. The van der Waals surface area contributed by atoms with E-state index in [0.29, 0.717) is 23.5 Å². The van der Waals surface area contributed by atoms with Crippen molar-refractivity contribution in [3.8, 4) is 5.75 Å². The van der Waals surface area contributed by atoms with E-state index in [4.69, 9.17) is 14.9 Å². The zero-order chi connectivity index (χ0) is 23.0. The first-order chi connectivity index (χ1) is 15.3. The van der Waals surface area contributed by atoms with E-state index in [1.165, 1.54) is 6.20 Å². The average Bonchev–Trinajstić information content (AvgIpc) is 2.78. The molecule has 0 aliphatic carbocycles. The highest BCUT2D eigenvalue weighted by molar-refractivity contribution is 6.30. The Morgan fingerprint density at radius 1 is 0.969 bits per heavy atom. The fraction of sp³-hybridized carbons (Fsp3) is 0.192. The molecule has 2 N–H and O–H groups in total. The second-order valence-electron chi connectivity index (χ2n) is 8.11. The van der Waals surface area contributed by atoms with Crippen LogP contribution in [0.2, 0.25) is 0 Å². The van der Waals surface area contributed by atoms with Crippen molar-refractivity contribution in [3.05, 3.63) is 102 Å². The van der Waals surface area contributed by atoms with Gasteiger partial charge in [0.1, 0.15) is 18.0 Å². The molecular weight excluding hydrogens is 402 g/mol. The lowest BCUT2D eigenvalue weighted by Gasteiger charge is -2.19. The lowest BCUT2D eigenvalue weighted by atomic mass is 9.97. The minimum atomic E-state index is -0.613. The third-order valence-corrected chi connectivity index (χ3v) is 4.39. The van der Waals surface area contributed by atoms with Gasteiger partial charge in [-0.3, -0.25) is 15.7 Å². The number of pyridine rings is 1. The summed E-state index contributed by atoms with van der Waals surface area (Å²) in [6.45, 7) is 5.86. The number of rotatable bonds is 7. The Kier molecular flexibility index (Phi) is 7.39. The Bertz CT molecular complexity index is 1070. The minimum absolute atomic E-state index is 0.252. The third-order valence-electron chi connectivity index (χ3n) is 4.39. The van der Waals surface area contributed by atoms with Crippen molar-refractivity contribution in [2.45, 2.75) is 33.0 Å². The Balaban J connectivity index is 1.75. The van der Waals surface area contributed by atoms with Crippen molar-refractivity contribution < 1.29 is 14.3 Å². The van der Waals surface area contributed by atoms with Gasteiger partial charge in [0.2, 0.25) is 0 Å². The van der Waals surface area contributed by atoms with Crippen LogP contribution in [0.25, 0.3) is 5.57 Å². The van der Waals surface area contributed by atoms with E-state index in [1.54, 1.807) is 45.3 Å². The Hall–Kier alpha value is -3.93. The first-order valence-corrected chi connectivity index (χ1v) is 10.3. The molecule has 1 heterocycles. The summed E-state index contributed by atoms with van der Waals surface area (Å²) in [4.78, 5) is 16.1. The fourth-order valence-electron chi connectivity index (χ4n) is 2.88. The first kappa shape index (κ1) is 22.7. The molecule has 0 saturated carbocycles. The van der Waals surface area contributed by atoms with Gasteiger partial charge < -0.3 is 9.47 Å². The summed E-state index contributed by atoms with van der Waals surface area (Å²) in [5.74, 6) is 0.715. The number of benzene rings is 2. The second kappa shape index (κ2) is 10.4. The standard InChI is InChI=1S/C26H27N3O3/c1-26(2,3)32-25(30)29-17-23(20-13-15-28-16-14-20)24(27)21-9-11-22(12-10-21)31-18-19-7-5-4-6-8-19/h4-17,27H,18H2,1-3H3,(H,29,30)/b23-17-,27-24?. The highest BCUT2D eigenvalue weighted by atomic mass is 16.6. The minimum Gasteiger partial charge on any atom is -0.489 e. The molecule has 0 saturated heterocycles. The number of aromatic nitrogens is 1. The van der Waals surface area contributed by atoms with Crippen LogP contribution in [0.5, 0.6) is 5.75 Å². The Labute approximate surface area is 188 Å². The van der Waals surface area contributed by atoms with Crippen LogP contribution in [0.3, 0.4) is 0 Å². The quantitative estimate of drug-likeness (QED) is 0.479. The van der Waals surface area contributed by atoms with Gasteiger partial charge in [-0.1, -0.05) is 30.3 Å². The van der Waals surface area contributed by atoms with E-state index in [1.807, 2.05) is 54.6 Å². The van der Waals surface area contributed by atoms with Gasteiger partial charge in [0.25, 0.3) is 0 Å². The molecule has 1 aromatic heterocycles. The largest absolute Gasteiger partial charge is 0.489 e. The number of carbonyl (C=O) groups is 1. The molecule has 6 heteroatoms. The highest BCUT2D eigenvalue weighted by Crippen LogP contribution is 2.21. The summed E-state index contributed by atoms with van der Waals surface area (Å²) in [6.07, 6.45) is 4.20. The summed E-state index contributed by atoms with van der Waals surface area (Å²) in [5, 5.41) is 11.4. The molecule has 3 rings (SSSR count). The van der Waals surface area contributed by atoms with Crippen molar-refractivity contribution in [2.24, 2.45) is 0 Å². The van der Waals surface area contributed by atoms with Gasteiger partial charge in [0.05, 0.1) is 5.71 Å². The number of alkyl carbamates (subject to hydrolysis) is 1. The number of hydrogen-bond acceptors (Lipinski definition) is 5. The van der Waals surface area contributed by atoms with E-state index < -0.39 is 11.7 Å². The number of amides is 1. The molecule has 164 valence electrons. The number of nitrogens with one attached hydrogen (secondary N) is 2. The van der Waals surface area contributed by atoms with E-state index in [9.17, 15) is 4.79 Å². The zero-order valence-corrected chi connectivity index (χ0v) is 18.5. The van der Waals surface area contributed by atoms with Crippen molar-refractivity contribution >= 4 is 17.4 Å². The van der Waals surface area contributed by atoms with E-state index >= 15 is 0 Å². The van der Waals surface area contributed by atoms with Crippen LogP contribution in [0, 0.1) is 5.41 Å². The van der Waals surface area contributed by atoms with Gasteiger partial charge in [0, 0.05) is 29.7 Å². The number of ether oxygens (including phenoxy) is 2. The van der Waals surface area contributed by atoms with Crippen molar-refractivity contribution in [1.29, 1.82) is 5.41 Å². The predicted octanol–water partition coefficient (Wildman–Crippen LogP) is 5.59. The van der Waals surface area contributed by atoms with Crippen LogP contribution in [0.1, 0.15) is 37.5 Å². The molecule has 32 heavy (non-hydrogen) atoms. The summed E-state index contributed by atoms with van der Waals surface area (Å²) < 4.78 is 11.1. The van der Waals surface area contributed by atoms with Gasteiger partial charge in [-0.05, 0) is 68.3 Å². The second-order valence-corrected chi connectivity index (χ2v) is 8.11. The molecule has 0 fully saturated rings. The molecule has 0 spiro atoms. The number of nitrogens with zero attached hydrogens (tertiary/aromatic N) is 1. The number of carbonyl (C=O) groups excluding carboxylic acids is 1. The topological polar surface area (TPSA) is 84.3 Å². The SMILES string of the molecule is CC(C)(C)OC(=O)N/C=C(\C(=N)c1ccc(OCc2ccccc2)cc1)c1ccncc1. The Morgan fingerprint density at radius 2 is 1.62 bits per heavy atom. The molecule has 0 bridgehead atoms. The van der Waals surface area contributed by atoms with Gasteiger partial charge in [-0.15, -0.1) is 0 Å². The summed E-state index contributed by atoms with van der Waals surface area (Å²) >= 11 is 0. The maximum absolute atomic E-state index is 12.1. The van der Waals surface area contributed by atoms with Gasteiger partial charge in [-0.2, -0.15) is 0 Å². The van der Waals surface area contributed by atoms with Crippen LogP contribution >= 0.6 is 0 Å². The smallest absolute Gasteiger partial charge is 0.411 e. The van der Waals surface area contributed by atoms with Crippen LogP contribution < -0.4 is 10.1 Å². The van der Waals surface area contributed by atoms with Gasteiger partial charge >= 0.3 is 6.09 Å². The number of allylic oxidation sites excluding steroid dienone is 1. The predicted molar refractivity (Wildman–Crippen MR) is 126 cm³/mol. The summed E-state index contributed by atoms with van der Waals surface area (Å²) in [5.41, 5.74) is 2.70. The Morgan fingerprint density at radius 3 is 2.25 bits per heavy atom. The molecule has 0 atom stereocenters. The molecule has 2 aromatic carbocycles. The van der Waals surface area contributed by atoms with Crippen LogP contribution in [-0.2, 0) is 11.3 Å². The lowest BCUT2D eigenvalue weighted by molar-refractivity contribution is 0.0552. The van der Waals surface area contributed by atoms with Crippen LogP contribution in [0.15, 0.2) is 85.3 Å². The first-order valence-electron chi connectivity index (χ1n) is 10.3. The highest BCUT2D eigenvalue weighted by Gasteiger charge is 2.17. The molecule has 0 aliphatic rings. The summed E-state index contributed by atoms with van der Waals surface area (Å²) in [7, 11) is 0. The fourth-order valence-corrected chi connectivity index (χ4v) is 2.88. The molecule has 0 aliphatic heterocycles. The molecule has 1 amide bonds. The maximum atomic E-state index is 12.1. The molecular formula is C26H27N3O3. The van der Waals surface area contributed by atoms with Gasteiger partial charge in [-0.25, -0.2) is 4.79 Å². The van der Waals surface area contributed by atoms with Gasteiger partial charge in [0.15, 0.2) is 0 Å². The molecule has 0 radical (unpaired) electrons. The molecule has 3 aromatic rings. The summed E-state index contributed by atoms with van der Waals surface area (Å²) in [6, 6.07) is 20.8. The molecule has 0 unspecified atom stereocenters. The van der Waals surface area contributed by atoms with Crippen molar-refractivity contribution in [2.75, 3.05) is 0 Å². The van der Waals surface area contributed by atoms with E-state index in [2.05, 4.69) is 10.3 Å². The molecule has 6 nitrogen and oxygen atoms in total. The average molecular weight is 430 g/mol. The van der Waals surface area contributed by atoms with Crippen molar-refractivity contribution in [3.63, 3.8) is 0 Å².